The van der Waals surface area contributed by atoms with E-state index in [1.807, 2.05) is 24.3 Å². The third kappa shape index (κ3) is 4.35. The van der Waals surface area contributed by atoms with Gasteiger partial charge in [0, 0.05) is 11.6 Å². The van der Waals surface area contributed by atoms with Crippen LogP contribution in [0.4, 0.5) is 4.39 Å². The fraction of sp³-hybridized carbons (Fsp3) is 0.333. The lowest BCUT2D eigenvalue weighted by molar-refractivity contribution is 0.337. The van der Waals surface area contributed by atoms with Crippen LogP contribution in [-0.2, 0) is 13.0 Å². The van der Waals surface area contributed by atoms with Gasteiger partial charge in [0.1, 0.15) is 5.82 Å². The second-order valence-electron chi connectivity index (χ2n) is 6.72. The normalized spacial score (nSPS) is 12.5. The molecule has 0 spiro atoms. The van der Waals surface area contributed by atoms with Crippen LogP contribution in [0.25, 0.3) is 11.4 Å². The fourth-order valence-electron chi connectivity index (χ4n) is 2.94. The van der Waals surface area contributed by atoms with Gasteiger partial charge < -0.3 is 9.84 Å². The molecule has 136 valence electrons. The van der Waals surface area contributed by atoms with Crippen LogP contribution in [0.5, 0.6) is 0 Å². The molecule has 0 bridgehead atoms. The lowest BCUT2D eigenvalue weighted by Crippen LogP contribution is -2.25. The van der Waals surface area contributed by atoms with Gasteiger partial charge in [0.2, 0.25) is 11.7 Å². The van der Waals surface area contributed by atoms with Gasteiger partial charge in [0.05, 0.1) is 6.54 Å². The largest absolute Gasteiger partial charge is 0.338 e. The maximum Gasteiger partial charge on any atom is 0.240 e. The van der Waals surface area contributed by atoms with E-state index in [1.165, 1.54) is 17.7 Å². The van der Waals surface area contributed by atoms with Crippen LogP contribution < -0.4 is 5.32 Å². The Balaban J connectivity index is 1.68. The molecule has 0 radical (unpaired) electrons. The molecule has 0 fully saturated rings. The molecule has 0 saturated heterocycles. The summed E-state index contributed by atoms with van der Waals surface area (Å²) < 4.78 is 18.5. The van der Waals surface area contributed by atoms with Gasteiger partial charge in [-0.2, -0.15) is 4.98 Å². The van der Waals surface area contributed by atoms with Gasteiger partial charge in [-0.3, -0.25) is 0 Å². The molecule has 0 unspecified atom stereocenters. The molecule has 0 amide bonds. The number of rotatable bonds is 7. The van der Waals surface area contributed by atoms with E-state index in [-0.39, 0.29) is 11.9 Å². The molecule has 1 N–H and O–H groups in total. The first kappa shape index (κ1) is 18.3. The molecule has 0 aliphatic rings. The minimum absolute atomic E-state index is 0.0785. The molecule has 0 aliphatic carbocycles. The second-order valence-corrected chi connectivity index (χ2v) is 6.72. The minimum Gasteiger partial charge on any atom is -0.338 e. The summed E-state index contributed by atoms with van der Waals surface area (Å²) in [5.74, 6) is 1.23. The maximum absolute atomic E-state index is 13.2. The van der Waals surface area contributed by atoms with E-state index in [0.717, 1.165) is 17.5 Å². The average Bonchev–Trinajstić information content (AvgIpc) is 3.12. The number of benzene rings is 2. The van der Waals surface area contributed by atoms with Crippen LogP contribution in [-0.4, -0.2) is 10.1 Å². The molecule has 3 rings (SSSR count). The Morgan fingerprint density at radius 2 is 1.73 bits per heavy atom. The third-order valence-electron chi connectivity index (χ3n) is 4.46. The fourth-order valence-corrected chi connectivity index (χ4v) is 2.94. The number of aromatic nitrogens is 2. The zero-order valence-electron chi connectivity index (χ0n) is 15.4. The summed E-state index contributed by atoms with van der Waals surface area (Å²) in [6.07, 6.45) is 1.00. The summed E-state index contributed by atoms with van der Waals surface area (Å²) in [6, 6.07) is 14.8. The molecule has 0 aliphatic heterocycles. The predicted molar refractivity (Wildman–Crippen MR) is 99.9 cm³/mol. The average molecular weight is 353 g/mol. The van der Waals surface area contributed by atoms with Crippen molar-refractivity contribution in [3.05, 3.63) is 71.4 Å². The van der Waals surface area contributed by atoms with Crippen molar-refractivity contribution >= 4 is 0 Å². The number of hydrogen-bond donors (Lipinski definition) is 1. The van der Waals surface area contributed by atoms with E-state index in [2.05, 4.69) is 48.4 Å². The smallest absolute Gasteiger partial charge is 0.240 e. The summed E-state index contributed by atoms with van der Waals surface area (Å²) in [5, 5.41) is 7.51. The van der Waals surface area contributed by atoms with Crippen molar-refractivity contribution in [2.45, 2.75) is 39.8 Å². The van der Waals surface area contributed by atoms with Crippen LogP contribution in [0, 0.1) is 11.7 Å². The molecule has 4 nitrogen and oxygen atoms in total. The Bertz CT molecular complexity index is 825. The van der Waals surface area contributed by atoms with Gasteiger partial charge in [0.25, 0.3) is 0 Å². The van der Waals surface area contributed by atoms with Crippen LogP contribution in [0.3, 0.4) is 0 Å². The lowest BCUT2D eigenvalue weighted by atomic mass is 9.96. The maximum atomic E-state index is 13.2. The van der Waals surface area contributed by atoms with Gasteiger partial charge >= 0.3 is 0 Å². The minimum atomic E-state index is -0.230. The number of hydrogen-bond acceptors (Lipinski definition) is 4. The Kier molecular flexibility index (Phi) is 5.78. The van der Waals surface area contributed by atoms with Gasteiger partial charge in [-0.05, 0) is 35.6 Å². The first-order valence-electron chi connectivity index (χ1n) is 8.97. The second kappa shape index (κ2) is 8.23. The molecule has 5 heteroatoms. The van der Waals surface area contributed by atoms with E-state index in [4.69, 9.17) is 4.52 Å². The summed E-state index contributed by atoms with van der Waals surface area (Å²) in [6.45, 7) is 6.82. The van der Waals surface area contributed by atoms with Crippen molar-refractivity contribution in [2.24, 2.45) is 5.92 Å². The highest BCUT2D eigenvalue weighted by Crippen LogP contribution is 2.23. The van der Waals surface area contributed by atoms with Gasteiger partial charge in [-0.15, -0.1) is 0 Å². The molecule has 2 aromatic carbocycles. The summed E-state index contributed by atoms with van der Waals surface area (Å²) in [4.78, 5) is 4.47. The first-order valence-corrected chi connectivity index (χ1v) is 8.97. The highest BCUT2D eigenvalue weighted by molar-refractivity contribution is 5.54. The van der Waals surface area contributed by atoms with E-state index in [9.17, 15) is 4.39 Å². The van der Waals surface area contributed by atoms with E-state index < -0.39 is 0 Å². The van der Waals surface area contributed by atoms with Gasteiger partial charge in [-0.25, -0.2) is 4.39 Å². The van der Waals surface area contributed by atoms with Crippen molar-refractivity contribution in [2.75, 3.05) is 0 Å². The van der Waals surface area contributed by atoms with Crippen LogP contribution >= 0.6 is 0 Å². The summed E-state index contributed by atoms with van der Waals surface area (Å²) in [5.41, 5.74) is 3.26. The topological polar surface area (TPSA) is 51.0 Å². The quantitative estimate of drug-likeness (QED) is 0.655. The Morgan fingerprint density at radius 3 is 2.35 bits per heavy atom. The van der Waals surface area contributed by atoms with Crippen molar-refractivity contribution in [3.8, 4) is 11.4 Å². The van der Waals surface area contributed by atoms with E-state index >= 15 is 0 Å². The van der Waals surface area contributed by atoms with Crippen molar-refractivity contribution in [3.63, 3.8) is 0 Å². The molecular weight excluding hydrogens is 329 g/mol. The standard InChI is InChI=1S/C21H24FN3O/c1-4-15-5-7-17(8-6-15)21-24-19(26-25-21)13-23-20(14(2)3)16-9-11-18(22)12-10-16/h5-12,14,20,23H,4,13H2,1-3H3/t20-/m1/s1. The third-order valence-corrected chi connectivity index (χ3v) is 4.46. The number of halogens is 1. The number of nitrogens with one attached hydrogen (secondary N) is 1. The Hall–Kier alpha value is -2.53. The highest BCUT2D eigenvalue weighted by atomic mass is 19.1. The van der Waals surface area contributed by atoms with E-state index in [1.54, 1.807) is 0 Å². The predicted octanol–water partition coefficient (Wildman–Crippen LogP) is 4.93. The van der Waals surface area contributed by atoms with Gasteiger partial charge in [0.15, 0.2) is 0 Å². The van der Waals surface area contributed by atoms with E-state index in [0.29, 0.717) is 24.2 Å². The monoisotopic (exact) mass is 353 g/mol. The SMILES string of the molecule is CCc1ccc(-c2noc(CN[C@@H](c3ccc(F)cc3)C(C)C)n2)cc1. The van der Waals surface area contributed by atoms with Crippen molar-refractivity contribution < 1.29 is 8.91 Å². The zero-order valence-corrected chi connectivity index (χ0v) is 15.4. The molecule has 1 aromatic heterocycles. The van der Waals surface area contributed by atoms with Gasteiger partial charge in [-0.1, -0.05) is 62.3 Å². The molecule has 1 atom stereocenters. The Labute approximate surface area is 153 Å². The lowest BCUT2D eigenvalue weighted by Gasteiger charge is -2.22. The molecule has 1 heterocycles. The molecule has 0 saturated carbocycles. The number of nitrogens with zero attached hydrogens (tertiary/aromatic N) is 2. The van der Waals surface area contributed by atoms with Crippen molar-refractivity contribution in [1.82, 2.24) is 15.5 Å². The van der Waals surface area contributed by atoms with Crippen molar-refractivity contribution in [1.29, 1.82) is 0 Å². The molecule has 3 aromatic rings. The molecular formula is C21H24FN3O. The highest BCUT2D eigenvalue weighted by Gasteiger charge is 2.17. The van der Waals surface area contributed by atoms with Crippen LogP contribution in [0.1, 0.15) is 43.8 Å². The zero-order chi connectivity index (χ0) is 18.5. The Morgan fingerprint density at radius 1 is 1.04 bits per heavy atom. The van der Waals surface area contributed by atoms with Crippen LogP contribution in [0.2, 0.25) is 0 Å². The molecule has 26 heavy (non-hydrogen) atoms. The summed E-state index contributed by atoms with van der Waals surface area (Å²) in [7, 11) is 0. The first-order chi connectivity index (χ1) is 12.6. The van der Waals surface area contributed by atoms with Crippen LogP contribution in [0.15, 0.2) is 53.1 Å². The summed E-state index contributed by atoms with van der Waals surface area (Å²) >= 11 is 0. The number of aryl methyl sites for hydroxylation is 1.